The summed E-state index contributed by atoms with van der Waals surface area (Å²) in [6.07, 6.45) is 53.5. The molecule has 0 fully saturated rings. The molecule has 0 aliphatic carbocycles. The lowest BCUT2D eigenvalue weighted by molar-refractivity contribution is -0.143. The lowest BCUT2D eigenvalue weighted by Crippen LogP contribution is -2.45. The van der Waals surface area contributed by atoms with Crippen molar-refractivity contribution >= 4 is 11.9 Å². The highest BCUT2D eigenvalue weighted by atomic mass is 16.5. The minimum Gasteiger partial charge on any atom is -0.466 e. The Morgan fingerprint density at radius 1 is 0.414 bits per heavy atom. The molecule has 0 aromatic carbocycles. The molecule has 0 aromatic heterocycles. The molecule has 0 radical (unpaired) electrons. The number of hydrogen-bond acceptors (Lipinski definition) is 5. The number of hydrogen-bond donors (Lipinski definition) is 3. The summed E-state index contributed by atoms with van der Waals surface area (Å²) in [5, 5.41) is 23.3. The summed E-state index contributed by atoms with van der Waals surface area (Å²) in [5.74, 6) is -0.0635. The van der Waals surface area contributed by atoms with Crippen LogP contribution in [0.15, 0.2) is 0 Å². The van der Waals surface area contributed by atoms with E-state index >= 15 is 0 Å². The molecule has 0 aromatic rings. The van der Waals surface area contributed by atoms with Crippen LogP contribution in [-0.4, -0.2) is 47.4 Å². The van der Waals surface area contributed by atoms with Crippen molar-refractivity contribution in [3.8, 4) is 0 Å². The van der Waals surface area contributed by atoms with E-state index in [4.69, 9.17) is 4.74 Å². The molecule has 346 valence electrons. The molecular weight excluding hydrogens is 719 g/mol. The Labute approximate surface area is 362 Å². The maximum atomic E-state index is 12.5. The first kappa shape index (κ1) is 56.9. The normalized spacial score (nSPS) is 12.6. The predicted octanol–water partition coefficient (Wildman–Crippen LogP) is 15.6. The van der Waals surface area contributed by atoms with Gasteiger partial charge in [0, 0.05) is 12.8 Å². The summed E-state index contributed by atoms with van der Waals surface area (Å²) in [5.41, 5.74) is 0. The number of nitrogens with one attached hydrogen (secondary N) is 1. The van der Waals surface area contributed by atoms with Gasteiger partial charge in [0.1, 0.15) is 0 Å². The maximum Gasteiger partial charge on any atom is 0.305 e. The van der Waals surface area contributed by atoms with Crippen molar-refractivity contribution in [2.45, 2.75) is 309 Å². The third-order valence-electron chi connectivity index (χ3n) is 12.4. The van der Waals surface area contributed by atoms with Crippen molar-refractivity contribution in [3.63, 3.8) is 0 Å². The third-order valence-corrected chi connectivity index (χ3v) is 12.4. The van der Waals surface area contributed by atoms with E-state index in [2.05, 4.69) is 19.2 Å². The van der Waals surface area contributed by atoms with Gasteiger partial charge in [0.15, 0.2) is 0 Å². The number of amides is 1. The van der Waals surface area contributed by atoms with Crippen molar-refractivity contribution in [2.75, 3.05) is 13.2 Å². The van der Waals surface area contributed by atoms with Crippen molar-refractivity contribution < 1.29 is 24.5 Å². The first-order valence-electron chi connectivity index (χ1n) is 26.3. The topological polar surface area (TPSA) is 95.9 Å². The molecule has 0 bridgehead atoms. The molecule has 0 aliphatic heterocycles. The molecule has 0 spiro atoms. The van der Waals surface area contributed by atoms with Gasteiger partial charge in [-0.05, 0) is 25.7 Å². The van der Waals surface area contributed by atoms with E-state index in [0.717, 1.165) is 57.8 Å². The quantitative estimate of drug-likeness (QED) is 0.0420. The Bertz CT molecular complexity index is 822. The zero-order chi connectivity index (χ0) is 42.3. The van der Waals surface area contributed by atoms with Crippen LogP contribution in [0.25, 0.3) is 0 Å². The number of carbonyl (C=O) groups is 2. The summed E-state index contributed by atoms with van der Waals surface area (Å²) in [7, 11) is 0. The molecule has 58 heavy (non-hydrogen) atoms. The minimum atomic E-state index is -0.675. The number of aliphatic hydroxyl groups is 2. The van der Waals surface area contributed by atoms with Gasteiger partial charge in [0.25, 0.3) is 0 Å². The molecule has 2 unspecified atom stereocenters. The van der Waals surface area contributed by atoms with Crippen molar-refractivity contribution in [1.29, 1.82) is 0 Å². The second-order valence-electron chi connectivity index (χ2n) is 18.2. The fraction of sp³-hybridized carbons (Fsp3) is 0.962. The number of unbranched alkanes of at least 4 members (excludes halogenated alkanes) is 38. The second kappa shape index (κ2) is 48.5. The monoisotopic (exact) mass is 822 g/mol. The third kappa shape index (κ3) is 44.4. The van der Waals surface area contributed by atoms with Gasteiger partial charge in [-0.25, -0.2) is 0 Å². The number of aliphatic hydroxyl groups excluding tert-OH is 2. The Morgan fingerprint density at radius 2 is 0.707 bits per heavy atom. The molecule has 0 rings (SSSR count). The van der Waals surface area contributed by atoms with Gasteiger partial charge in [-0.3, -0.25) is 9.59 Å². The zero-order valence-electron chi connectivity index (χ0n) is 39.3. The Morgan fingerprint density at radius 3 is 1.05 bits per heavy atom. The van der Waals surface area contributed by atoms with E-state index in [0.29, 0.717) is 25.9 Å². The van der Waals surface area contributed by atoms with E-state index in [1.54, 1.807) is 0 Å². The van der Waals surface area contributed by atoms with E-state index in [-0.39, 0.29) is 18.5 Å². The number of carbonyl (C=O) groups excluding carboxylic acids is 2. The van der Waals surface area contributed by atoms with Crippen LogP contribution in [0.5, 0.6) is 0 Å². The zero-order valence-corrected chi connectivity index (χ0v) is 39.3. The van der Waals surface area contributed by atoms with E-state index in [1.807, 2.05) is 0 Å². The first-order valence-corrected chi connectivity index (χ1v) is 26.3. The molecule has 6 nitrogen and oxygen atoms in total. The highest BCUT2D eigenvalue weighted by Gasteiger charge is 2.20. The molecule has 1 amide bonds. The Hall–Kier alpha value is -1.14. The van der Waals surface area contributed by atoms with Gasteiger partial charge in [0.05, 0.1) is 25.4 Å². The number of ether oxygens (including phenoxy) is 1. The number of esters is 1. The van der Waals surface area contributed by atoms with Crippen molar-refractivity contribution in [1.82, 2.24) is 5.32 Å². The summed E-state index contributed by atoms with van der Waals surface area (Å²) < 4.78 is 5.44. The molecule has 0 heterocycles. The highest BCUT2D eigenvalue weighted by molar-refractivity contribution is 5.76. The Balaban J connectivity index is 3.46. The van der Waals surface area contributed by atoms with Gasteiger partial charge >= 0.3 is 5.97 Å². The van der Waals surface area contributed by atoms with E-state index in [9.17, 15) is 19.8 Å². The number of rotatable bonds is 49. The summed E-state index contributed by atoms with van der Waals surface area (Å²) in [6, 6.07) is -0.554. The van der Waals surface area contributed by atoms with Crippen LogP contribution in [0, 0.1) is 0 Å². The fourth-order valence-corrected chi connectivity index (χ4v) is 8.35. The van der Waals surface area contributed by atoms with Crippen LogP contribution in [0.2, 0.25) is 0 Å². The Kier molecular flexibility index (Phi) is 47.6. The van der Waals surface area contributed by atoms with Gasteiger partial charge < -0.3 is 20.3 Å². The standard InChI is InChI=1S/C52H103NO5/c1-3-5-7-9-11-13-15-16-17-18-19-20-21-22-25-28-32-36-40-44-50(55)49(48-54)53-51(56)45-41-37-33-29-26-23-27-31-35-39-43-47-58-52(57)46-42-38-34-30-24-14-12-10-8-6-4-2/h49-50,54-55H,3-48H2,1-2H3,(H,53,56). The average molecular weight is 822 g/mol. The van der Waals surface area contributed by atoms with Gasteiger partial charge in [-0.1, -0.05) is 258 Å². The van der Waals surface area contributed by atoms with Crippen molar-refractivity contribution in [3.05, 3.63) is 0 Å². The van der Waals surface area contributed by atoms with Crippen molar-refractivity contribution in [2.24, 2.45) is 0 Å². The SMILES string of the molecule is CCCCCCCCCCCCCCCCCCCCCC(O)C(CO)NC(=O)CCCCCCCCCCCCCOC(=O)CCCCCCCCCCCCC. The van der Waals surface area contributed by atoms with Crippen LogP contribution in [0.3, 0.4) is 0 Å². The molecule has 2 atom stereocenters. The second-order valence-corrected chi connectivity index (χ2v) is 18.2. The lowest BCUT2D eigenvalue weighted by Gasteiger charge is -2.22. The molecule has 3 N–H and O–H groups in total. The first-order chi connectivity index (χ1) is 28.5. The molecule has 6 heteroatoms. The largest absolute Gasteiger partial charge is 0.466 e. The van der Waals surface area contributed by atoms with Crippen LogP contribution in [0.4, 0.5) is 0 Å². The summed E-state index contributed by atoms with van der Waals surface area (Å²) >= 11 is 0. The summed E-state index contributed by atoms with van der Waals surface area (Å²) in [4.78, 5) is 24.4. The fourth-order valence-electron chi connectivity index (χ4n) is 8.35. The van der Waals surface area contributed by atoms with E-state index < -0.39 is 12.1 Å². The predicted molar refractivity (Wildman–Crippen MR) is 250 cm³/mol. The van der Waals surface area contributed by atoms with Crippen LogP contribution >= 0.6 is 0 Å². The smallest absolute Gasteiger partial charge is 0.305 e. The lowest BCUT2D eigenvalue weighted by atomic mass is 10.0. The molecule has 0 saturated carbocycles. The molecule has 0 saturated heterocycles. The van der Waals surface area contributed by atoms with Crippen LogP contribution in [-0.2, 0) is 14.3 Å². The molecule has 0 aliphatic rings. The summed E-state index contributed by atoms with van der Waals surface area (Å²) in [6.45, 7) is 4.92. The molecular formula is C52H103NO5. The van der Waals surface area contributed by atoms with Gasteiger partial charge in [-0.15, -0.1) is 0 Å². The van der Waals surface area contributed by atoms with Gasteiger partial charge in [0.2, 0.25) is 5.91 Å². The maximum absolute atomic E-state index is 12.5. The van der Waals surface area contributed by atoms with E-state index in [1.165, 1.54) is 205 Å². The average Bonchev–Trinajstić information content (AvgIpc) is 3.22. The van der Waals surface area contributed by atoms with Crippen LogP contribution < -0.4 is 5.32 Å². The van der Waals surface area contributed by atoms with Gasteiger partial charge in [-0.2, -0.15) is 0 Å². The van der Waals surface area contributed by atoms with Crippen LogP contribution in [0.1, 0.15) is 296 Å². The minimum absolute atomic E-state index is 0.0130. The highest BCUT2D eigenvalue weighted by Crippen LogP contribution is 2.17.